The van der Waals surface area contributed by atoms with Crippen LogP contribution in [0, 0.1) is 17.2 Å². The molecular formula is C23H31N7O2S. The molecule has 2 heterocycles. The molecule has 0 spiro atoms. The minimum atomic E-state index is -0.687. The van der Waals surface area contributed by atoms with E-state index in [1.165, 1.54) is 0 Å². The number of amides is 2. The predicted octanol–water partition coefficient (Wildman–Crippen LogP) is 2.08. The fraction of sp³-hybridized carbons (Fsp3) is 0.478. The predicted molar refractivity (Wildman–Crippen MR) is 129 cm³/mol. The number of nitriles is 1. The molecule has 4 N–H and O–H groups in total. The standard InChI is InChI=1S/C23H31N7O2S/c1-16(2)13-20(22(32)26-8-7-24)29-21(31)17-3-5-18(6-4-17)27-23-28-19(15-33-23)14-30-11-9-25-10-12-30/h3-6,15-16,20,25H,8-14H2,1-2H3,(H,26,32)(H,27,28)(H,29,31)/t20-/m0/s1. The number of nitrogens with one attached hydrogen (secondary N) is 4. The van der Waals surface area contributed by atoms with Gasteiger partial charge in [0.1, 0.15) is 12.6 Å². The summed E-state index contributed by atoms with van der Waals surface area (Å²) < 4.78 is 0. The average molecular weight is 470 g/mol. The van der Waals surface area contributed by atoms with E-state index >= 15 is 0 Å². The van der Waals surface area contributed by atoms with E-state index in [2.05, 4.69) is 36.5 Å². The molecule has 9 nitrogen and oxygen atoms in total. The van der Waals surface area contributed by atoms with Crippen molar-refractivity contribution in [1.82, 2.24) is 25.8 Å². The fourth-order valence-electron chi connectivity index (χ4n) is 3.56. The van der Waals surface area contributed by atoms with Crippen LogP contribution in [0.4, 0.5) is 10.8 Å². The molecule has 1 atom stereocenters. The van der Waals surface area contributed by atoms with Gasteiger partial charge in [-0.3, -0.25) is 14.5 Å². The molecule has 1 aromatic heterocycles. The topological polar surface area (TPSA) is 122 Å². The normalized spacial score (nSPS) is 15.0. The van der Waals surface area contributed by atoms with Crippen molar-refractivity contribution in [3.05, 3.63) is 40.9 Å². The van der Waals surface area contributed by atoms with E-state index in [0.29, 0.717) is 12.0 Å². The van der Waals surface area contributed by atoms with Gasteiger partial charge < -0.3 is 21.3 Å². The molecule has 1 aliphatic rings. The summed E-state index contributed by atoms with van der Waals surface area (Å²) in [5.74, 6) is -0.464. The molecule has 0 saturated carbocycles. The monoisotopic (exact) mass is 469 g/mol. The molecule has 3 rings (SSSR count). The number of hydrogen-bond acceptors (Lipinski definition) is 8. The Kier molecular flexibility index (Phi) is 9.18. The summed E-state index contributed by atoms with van der Waals surface area (Å²) in [6.45, 7) is 8.80. The van der Waals surface area contributed by atoms with E-state index in [9.17, 15) is 9.59 Å². The number of piperazine rings is 1. The number of carbonyl (C=O) groups excluding carboxylic acids is 2. The van der Waals surface area contributed by atoms with Crippen LogP contribution in [0.15, 0.2) is 29.6 Å². The molecule has 1 saturated heterocycles. The summed E-state index contributed by atoms with van der Waals surface area (Å²) >= 11 is 1.56. The van der Waals surface area contributed by atoms with Gasteiger partial charge in [-0.05, 0) is 36.6 Å². The molecule has 10 heteroatoms. The Bertz CT molecular complexity index is 962. The number of benzene rings is 1. The Balaban J connectivity index is 1.56. The van der Waals surface area contributed by atoms with Crippen LogP contribution < -0.4 is 21.3 Å². The van der Waals surface area contributed by atoms with Gasteiger partial charge in [-0.2, -0.15) is 5.26 Å². The van der Waals surface area contributed by atoms with Gasteiger partial charge in [0.15, 0.2) is 5.13 Å². The van der Waals surface area contributed by atoms with Gasteiger partial charge >= 0.3 is 0 Å². The number of anilines is 2. The summed E-state index contributed by atoms with van der Waals surface area (Å²) in [4.78, 5) is 32.0. The number of aromatic nitrogens is 1. The molecular weight excluding hydrogens is 438 g/mol. The molecule has 0 bridgehead atoms. The van der Waals surface area contributed by atoms with Gasteiger partial charge in [0, 0.05) is 49.4 Å². The minimum Gasteiger partial charge on any atom is -0.341 e. The lowest BCUT2D eigenvalue weighted by atomic mass is 10.0. The Labute approximate surface area is 198 Å². The van der Waals surface area contributed by atoms with Crippen molar-refractivity contribution in [3.8, 4) is 6.07 Å². The second-order valence-electron chi connectivity index (χ2n) is 8.40. The third-order valence-electron chi connectivity index (χ3n) is 5.22. The lowest BCUT2D eigenvalue weighted by molar-refractivity contribution is -0.123. The highest BCUT2D eigenvalue weighted by atomic mass is 32.1. The van der Waals surface area contributed by atoms with Crippen LogP contribution in [0.5, 0.6) is 0 Å². The van der Waals surface area contributed by atoms with Crippen molar-refractivity contribution < 1.29 is 9.59 Å². The van der Waals surface area contributed by atoms with Gasteiger partial charge in [0.05, 0.1) is 11.8 Å². The number of carbonyl (C=O) groups is 2. The van der Waals surface area contributed by atoms with Crippen LogP contribution in [-0.2, 0) is 11.3 Å². The number of thiazole rings is 1. The molecule has 33 heavy (non-hydrogen) atoms. The van der Waals surface area contributed by atoms with Crippen LogP contribution in [0.25, 0.3) is 0 Å². The van der Waals surface area contributed by atoms with E-state index in [0.717, 1.165) is 49.2 Å². The van der Waals surface area contributed by atoms with E-state index in [1.54, 1.807) is 23.5 Å². The molecule has 1 fully saturated rings. The highest BCUT2D eigenvalue weighted by Crippen LogP contribution is 2.22. The maximum Gasteiger partial charge on any atom is 0.251 e. The second-order valence-corrected chi connectivity index (χ2v) is 9.26. The lowest BCUT2D eigenvalue weighted by Crippen LogP contribution is -2.47. The quantitative estimate of drug-likeness (QED) is 0.393. The Morgan fingerprint density at radius 2 is 1.97 bits per heavy atom. The first kappa shape index (κ1) is 24.6. The molecule has 1 aliphatic heterocycles. The largest absolute Gasteiger partial charge is 0.341 e. The van der Waals surface area contributed by atoms with E-state index in [-0.39, 0.29) is 24.3 Å². The Hall–Kier alpha value is -3.00. The van der Waals surface area contributed by atoms with Crippen molar-refractivity contribution in [1.29, 1.82) is 5.26 Å². The molecule has 0 aliphatic carbocycles. The zero-order valence-electron chi connectivity index (χ0n) is 19.1. The van der Waals surface area contributed by atoms with Gasteiger partial charge in [0.25, 0.3) is 5.91 Å². The van der Waals surface area contributed by atoms with Crippen LogP contribution >= 0.6 is 11.3 Å². The smallest absolute Gasteiger partial charge is 0.251 e. The number of rotatable bonds is 10. The third-order valence-corrected chi connectivity index (χ3v) is 6.02. The highest BCUT2D eigenvalue weighted by Gasteiger charge is 2.22. The number of hydrogen-bond donors (Lipinski definition) is 4. The van der Waals surface area contributed by atoms with Crippen LogP contribution in [0.3, 0.4) is 0 Å². The summed E-state index contributed by atoms with van der Waals surface area (Å²) in [6, 6.07) is 8.26. The maximum absolute atomic E-state index is 12.7. The second kappa shape index (κ2) is 12.3. The van der Waals surface area contributed by atoms with Crippen molar-refractivity contribution in [3.63, 3.8) is 0 Å². The lowest BCUT2D eigenvalue weighted by Gasteiger charge is -2.26. The summed E-state index contributed by atoms with van der Waals surface area (Å²) in [7, 11) is 0. The van der Waals surface area contributed by atoms with Crippen molar-refractivity contribution in [2.75, 3.05) is 38.0 Å². The first-order chi connectivity index (χ1) is 15.9. The Morgan fingerprint density at radius 3 is 2.64 bits per heavy atom. The summed E-state index contributed by atoms with van der Waals surface area (Å²) in [6.07, 6.45) is 0.489. The zero-order valence-corrected chi connectivity index (χ0v) is 19.9. The summed E-state index contributed by atoms with van der Waals surface area (Å²) in [5.41, 5.74) is 2.34. The molecule has 0 unspecified atom stereocenters. The molecule has 2 aromatic rings. The van der Waals surface area contributed by atoms with Crippen LogP contribution in [0.1, 0.15) is 36.3 Å². The minimum absolute atomic E-state index is 0.0859. The van der Waals surface area contributed by atoms with Gasteiger partial charge in [0.2, 0.25) is 5.91 Å². The molecule has 1 aromatic carbocycles. The van der Waals surface area contributed by atoms with Gasteiger partial charge in [-0.15, -0.1) is 11.3 Å². The van der Waals surface area contributed by atoms with Crippen molar-refractivity contribution in [2.24, 2.45) is 5.92 Å². The fourth-order valence-corrected chi connectivity index (χ4v) is 4.28. The van der Waals surface area contributed by atoms with E-state index in [4.69, 9.17) is 5.26 Å². The number of nitrogens with zero attached hydrogens (tertiary/aromatic N) is 3. The first-order valence-electron chi connectivity index (χ1n) is 11.1. The molecule has 176 valence electrons. The Morgan fingerprint density at radius 1 is 1.24 bits per heavy atom. The molecule has 2 amide bonds. The van der Waals surface area contributed by atoms with Crippen LogP contribution in [-0.4, -0.2) is 60.5 Å². The third kappa shape index (κ3) is 7.82. The van der Waals surface area contributed by atoms with Crippen LogP contribution in [0.2, 0.25) is 0 Å². The van der Waals surface area contributed by atoms with E-state index in [1.807, 2.05) is 32.0 Å². The summed E-state index contributed by atoms with van der Waals surface area (Å²) in [5, 5.41) is 23.5. The van der Waals surface area contributed by atoms with Crippen molar-refractivity contribution >= 4 is 34.0 Å². The maximum atomic E-state index is 12.7. The van der Waals surface area contributed by atoms with Gasteiger partial charge in [-0.1, -0.05) is 13.8 Å². The zero-order chi connectivity index (χ0) is 23.6. The molecule has 0 radical (unpaired) electrons. The SMILES string of the molecule is CC(C)C[C@H](NC(=O)c1ccc(Nc2nc(CN3CCNCC3)cs2)cc1)C(=O)NCC#N. The van der Waals surface area contributed by atoms with E-state index < -0.39 is 6.04 Å². The average Bonchev–Trinajstić information content (AvgIpc) is 3.24. The highest BCUT2D eigenvalue weighted by molar-refractivity contribution is 7.13. The van der Waals surface area contributed by atoms with Gasteiger partial charge in [-0.25, -0.2) is 4.98 Å². The first-order valence-corrected chi connectivity index (χ1v) is 12.0. The van der Waals surface area contributed by atoms with Crippen molar-refractivity contribution in [2.45, 2.75) is 32.9 Å².